The molecular formula is C12H18ClN3O. The van der Waals surface area contributed by atoms with Crippen molar-refractivity contribution in [2.45, 2.75) is 19.8 Å². The molecule has 0 saturated heterocycles. The molecule has 0 radical (unpaired) electrons. The molecule has 0 atom stereocenters. The molecule has 0 spiro atoms. The molecule has 0 unspecified atom stereocenters. The van der Waals surface area contributed by atoms with Crippen LogP contribution in [0.25, 0.3) is 0 Å². The number of carbonyl (C=O) groups is 1. The van der Waals surface area contributed by atoms with E-state index in [2.05, 4.69) is 4.98 Å². The summed E-state index contributed by atoms with van der Waals surface area (Å²) in [6.07, 6.45) is 4.02. The number of hydrogen-bond donors (Lipinski definition) is 1. The highest BCUT2D eigenvalue weighted by molar-refractivity contribution is 5.92. The quantitative estimate of drug-likeness (QED) is 0.895. The fraction of sp³-hybridized carbons (Fsp3) is 0.500. The molecule has 4 nitrogen and oxygen atoms in total. The lowest BCUT2D eigenvalue weighted by atomic mass is 10.2. The van der Waals surface area contributed by atoms with Crippen LogP contribution < -0.4 is 5.73 Å². The summed E-state index contributed by atoms with van der Waals surface area (Å²) < 4.78 is 0. The van der Waals surface area contributed by atoms with Crippen LogP contribution in [0, 0.1) is 5.92 Å². The van der Waals surface area contributed by atoms with Gasteiger partial charge in [0, 0.05) is 13.1 Å². The van der Waals surface area contributed by atoms with Crippen molar-refractivity contribution in [2.75, 3.05) is 18.8 Å². The van der Waals surface area contributed by atoms with Gasteiger partial charge in [-0.05, 0) is 37.8 Å². The number of anilines is 1. The van der Waals surface area contributed by atoms with Gasteiger partial charge in [0.2, 0.25) is 0 Å². The topological polar surface area (TPSA) is 59.2 Å². The van der Waals surface area contributed by atoms with E-state index in [-0.39, 0.29) is 18.3 Å². The van der Waals surface area contributed by atoms with Crippen LogP contribution in [-0.4, -0.2) is 28.9 Å². The van der Waals surface area contributed by atoms with E-state index >= 15 is 0 Å². The van der Waals surface area contributed by atoms with Gasteiger partial charge in [-0.2, -0.15) is 0 Å². The van der Waals surface area contributed by atoms with Gasteiger partial charge >= 0.3 is 0 Å². The number of rotatable bonds is 4. The third kappa shape index (κ3) is 3.60. The van der Waals surface area contributed by atoms with Crippen molar-refractivity contribution >= 4 is 24.0 Å². The van der Waals surface area contributed by atoms with E-state index < -0.39 is 0 Å². The van der Waals surface area contributed by atoms with E-state index in [1.54, 1.807) is 12.1 Å². The average molecular weight is 256 g/mol. The molecule has 0 aliphatic heterocycles. The second kappa shape index (κ2) is 5.87. The minimum atomic E-state index is 0. The predicted molar refractivity (Wildman–Crippen MR) is 70.2 cm³/mol. The molecule has 1 heterocycles. The standard InChI is InChI=1S/C12H17N3O.ClH/c1-2-15(8-9-3-4-9)12(16)11-6-5-10(13)7-14-11;/h5-7,9H,2-4,8,13H2,1H3;1H. The Labute approximate surface area is 108 Å². The van der Waals surface area contributed by atoms with Crippen LogP contribution in [0.2, 0.25) is 0 Å². The Hall–Kier alpha value is -1.29. The Morgan fingerprint density at radius 2 is 2.24 bits per heavy atom. The molecule has 1 saturated carbocycles. The van der Waals surface area contributed by atoms with Gasteiger partial charge in [-0.15, -0.1) is 12.4 Å². The van der Waals surface area contributed by atoms with Crippen LogP contribution in [-0.2, 0) is 0 Å². The first-order valence-electron chi connectivity index (χ1n) is 5.71. The first-order valence-corrected chi connectivity index (χ1v) is 5.71. The molecule has 5 heteroatoms. The maximum absolute atomic E-state index is 12.1. The Balaban J connectivity index is 0.00000144. The van der Waals surface area contributed by atoms with Crippen LogP contribution in [0.15, 0.2) is 18.3 Å². The molecule has 1 aliphatic rings. The maximum atomic E-state index is 12.1. The smallest absolute Gasteiger partial charge is 0.272 e. The zero-order valence-electron chi connectivity index (χ0n) is 9.93. The lowest BCUT2D eigenvalue weighted by Gasteiger charge is -2.20. The highest BCUT2D eigenvalue weighted by atomic mass is 35.5. The summed E-state index contributed by atoms with van der Waals surface area (Å²) >= 11 is 0. The molecule has 1 aromatic rings. The van der Waals surface area contributed by atoms with E-state index in [1.165, 1.54) is 19.0 Å². The predicted octanol–water partition coefficient (Wildman–Crippen LogP) is 1.96. The van der Waals surface area contributed by atoms with Gasteiger partial charge in [0.05, 0.1) is 11.9 Å². The Morgan fingerprint density at radius 1 is 1.53 bits per heavy atom. The van der Waals surface area contributed by atoms with Crippen LogP contribution in [0.5, 0.6) is 0 Å². The Kier molecular flexibility index (Phi) is 4.75. The number of hydrogen-bond acceptors (Lipinski definition) is 3. The van der Waals surface area contributed by atoms with Crippen molar-refractivity contribution in [3.63, 3.8) is 0 Å². The van der Waals surface area contributed by atoms with E-state index in [0.717, 1.165) is 13.1 Å². The highest BCUT2D eigenvalue weighted by Crippen LogP contribution is 2.29. The second-order valence-corrected chi connectivity index (χ2v) is 4.26. The molecule has 2 rings (SSSR count). The lowest BCUT2D eigenvalue weighted by Crippen LogP contribution is -2.33. The van der Waals surface area contributed by atoms with Crippen molar-refractivity contribution in [1.82, 2.24) is 9.88 Å². The number of nitrogens with zero attached hydrogens (tertiary/aromatic N) is 2. The van der Waals surface area contributed by atoms with Crippen molar-refractivity contribution < 1.29 is 4.79 Å². The molecule has 1 fully saturated rings. The third-order valence-corrected chi connectivity index (χ3v) is 2.85. The zero-order chi connectivity index (χ0) is 11.5. The van der Waals surface area contributed by atoms with E-state index in [1.807, 2.05) is 11.8 Å². The lowest BCUT2D eigenvalue weighted by molar-refractivity contribution is 0.0751. The summed E-state index contributed by atoms with van der Waals surface area (Å²) in [6, 6.07) is 3.40. The summed E-state index contributed by atoms with van der Waals surface area (Å²) in [5, 5.41) is 0. The van der Waals surface area contributed by atoms with Crippen molar-refractivity contribution in [3.05, 3.63) is 24.0 Å². The number of carbonyl (C=O) groups excluding carboxylic acids is 1. The Morgan fingerprint density at radius 3 is 2.71 bits per heavy atom. The minimum absolute atomic E-state index is 0. The normalized spacial score (nSPS) is 13.9. The largest absolute Gasteiger partial charge is 0.397 e. The first-order chi connectivity index (χ1) is 7.70. The summed E-state index contributed by atoms with van der Waals surface area (Å²) in [5.41, 5.74) is 6.61. The average Bonchev–Trinajstić information content (AvgIpc) is 3.10. The van der Waals surface area contributed by atoms with Crippen molar-refractivity contribution in [1.29, 1.82) is 0 Å². The van der Waals surface area contributed by atoms with Crippen LogP contribution in [0.3, 0.4) is 0 Å². The molecule has 0 bridgehead atoms. The fourth-order valence-electron chi connectivity index (χ4n) is 1.66. The monoisotopic (exact) mass is 255 g/mol. The molecule has 1 aromatic heterocycles. The number of nitrogens with two attached hydrogens (primary N) is 1. The molecule has 1 aliphatic carbocycles. The number of aromatic nitrogens is 1. The molecule has 1 amide bonds. The minimum Gasteiger partial charge on any atom is -0.397 e. The first kappa shape index (κ1) is 13.8. The number of halogens is 1. The molecule has 2 N–H and O–H groups in total. The molecule has 17 heavy (non-hydrogen) atoms. The van der Waals surface area contributed by atoms with Gasteiger partial charge < -0.3 is 10.6 Å². The van der Waals surface area contributed by atoms with Gasteiger partial charge in [0.1, 0.15) is 5.69 Å². The van der Waals surface area contributed by atoms with E-state index in [0.29, 0.717) is 17.3 Å². The van der Waals surface area contributed by atoms with Crippen LogP contribution in [0.4, 0.5) is 5.69 Å². The molecule has 0 aromatic carbocycles. The summed E-state index contributed by atoms with van der Waals surface area (Å²) in [5.74, 6) is 0.715. The second-order valence-electron chi connectivity index (χ2n) is 4.26. The van der Waals surface area contributed by atoms with E-state index in [9.17, 15) is 4.79 Å². The number of amides is 1. The van der Waals surface area contributed by atoms with Crippen LogP contribution >= 0.6 is 12.4 Å². The fourth-order valence-corrected chi connectivity index (χ4v) is 1.66. The van der Waals surface area contributed by atoms with Crippen molar-refractivity contribution in [2.24, 2.45) is 5.92 Å². The third-order valence-electron chi connectivity index (χ3n) is 2.85. The highest BCUT2D eigenvalue weighted by Gasteiger charge is 2.26. The van der Waals surface area contributed by atoms with Gasteiger partial charge in [0.15, 0.2) is 0 Å². The SMILES string of the molecule is CCN(CC1CC1)C(=O)c1ccc(N)cn1.Cl. The van der Waals surface area contributed by atoms with Gasteiger partial charge in [0.25, 0.3) is 5.91 Å². The zero-order valence-corrected chi connectivity index (χ0v) is 10.7. The molecule has 94 valence electrons. The number of pyridine rings is 1. The van der Waals surface area contributed by atoms with Crippen LogP contribution in [0.1, 0.15) is 30.3 Å². The van der Waals surface area contributed by atoms with E-state index in [4.69, 9.17) is 5.73 Å². The maximum Gasteiger partial charge on any atom is 0.272 e. The Bertz CT molecular complexity index is 376. The summed E-state index contributed by atoms with van der Waals surface area (Å²) in [7, 11) is 0. The van der Waals surface area contributed by atoms with Gasteiger partial charge in [-0.3, -0.25) is 4.79 Å². The van der Waals surface area contributed by atoms with Gasteiger partial charge in [-0.1, -0.05) is 0 Å². The molecular weight excluding hydrogens is 238 g/mol. The summed E-state index contributed by atoms with van der Waals surface area (Å²) in [4.78, 5) is 18.0. The summed E-state index contributed by atoms with van der Waals surface area (Å²) in [6.45, 7) is 3.60. The number of nitrogen functional groups attached to an aromatic ring is 1. The van der Waals surface area contributed by atoms with Crippen molar-refractivity contribution in [3.8, 4) is 0 Å². The van der Waals surface area contributed by atoms with Gasteiger partial charge in [-0.25, -0.2) is 4.98 Å².